The SMILES string of the molecule is CNC(NC(=NCC1C=CCCC1)C1=CC=CCC1C1C=Cc2c(c3c(n2-c2ccccc2-c2cccc4c2oc2ccccc24)C=CCC3)C1)c1ccccc1. The zero-order valence-corrected chi connectivity index (χ0v) is 32.7. The number of hydrogen-bond donors (Lipinski definition) is 2. The molecule has 4 aliphatic rings. The van der Waals surface area contributed by atoms with Crippen molar-refractivity contribution >= 4 is 39.9 Å². The van der Waals surface area contributed by atoms with Gasteiger partial charge in [0.25, 0.3) is 0 Å². The van der Waals surface area contributed by atoms with Crippen LogP contribution >= 0.6 is 0 Å². The molecular formula is C52H50N4O. The number of nitrogens with one attached hydrogen (secondary N) is 2. The number of amidine groups is 1. The van der Waals surface area contributed by atoms with Gasteiger partial charge in [-0.25, -0.2) is 0 Å². The minimum atomic E-state index is -0.0499. The molecule has 4 aromatic carbocycles. The Morgan fingerprint density at radius 1 is 0.807 bits per heavy atom. The van der Waals surface area contributed by atoms with E-state index in [1.54, 1.807) is 0 Å². The van der Waals surface area contributed by atoms with Gasteiger partial charge in [0.1, 0.15) is 23.2 Å². The number of hydrogen-bond acceptors (Lipinski definition) is 3. The van der Waals surface area contributed by atoms with E-state index in [2.05, 4.69) is 161 Å². The maximum absolute atomic E-state index is 6.58. The van der Waals surface area contributed by atoms with Crippen molar-refractivity contribution < 1.29 is 4.42 Å². The number of allylic oxidation sites excluding steroid dienone is 6. The van der Waals surface area contributed by atoms with Crippen molar-refractivity contribution in [2.45, 2.75) is 51.1 Å². The van der Waals surface area contributed by atoms with Crippen LogP contribution in [0.25, 0.3) is 50.9 Å². The van der Waals surface area contributed by atoms with Gasteiger partial charge in [-0.15, -0.1) is 0 Å². The lowest BCUT2D eigenvalue weighted by Gasteiger charge is -2.33. The third-order valence-electron chi connectivity index (χ3n) is 12.6. The van der Waals surface area contributed by atoms with Crippen LogP contribution in [0.2, 0.25) is 0 Å². The second-order valence-corrected chi connectivity index (χ2v) is 16.0. The van der Waals surface area contributed by atoms with Crippen LogP contribution in [0.15, 0.2) is 155 Å². The van der Waals surface area contributed by atoms with E-state index in [4.69, 9.17) is 9.41 Å². The van der Waals surface area contributed by atoms with Gasteiger partial charge in [0.05, 0.1) is 5.69 Å². The van der Waals surface area contributed by atoms with Crippen LogP contribution in [0.3, 0.4) is 0 Å². The number of fused-ring (bicyclic) bond motifs is 6. The van der Waals surface area contributed by atoms with Gasteiger partial charge < -0.3 is 14.3 Å². The summed E-state index contributed by atoms with van der Waals surface area (Å²) >= 11 is 0. The Bertz CT molecular complexity index is 2630. The lowest BCUT2D eigenvalue weighted by Crippen LogP contribution is -2.40. The molecular weight excluding hydrogens is 697 g/mol. The maximum Gasteiger partial charge on any atom is 0.143 e. The molecule has 0 aliphatic heterocycles. The molecule has 0 fully saturated rings. The number of rotatable bonds is 9. The standard InChI is InChI=1S/C52H50N4O/c1-53-51(36-19-6-3-7-20-36)55-52(54-34-35-17-4-2-5-18-35)44-25-9-8-21-38(44)37-31-32-48-45(33-37)40-23-11-14-29-47(40)56(48)46-28-13-10-22-39(46)42-26-16-27-43-41-24-12-15-30-49(41)57-50(42)43/h3-4,6-10,12-17,19-20,22,24-32,35,37-38,51,53H,2,5,11,18,21,23,33-34H2,1H3,(H,54,55). The molecule has 0 bridgehead atoms. The second-order valence-electron chi connectivity index (χ2n) is 16.0. The third-order valence-corrected chi connectivity index (χ3v) is 12.6. The molecule has 4 unspecified atom stereocenters. The van der Waals surface area contributed by atoms with Crippen LogP contribution < -0.4 is 10.6 Å². The Morgan fingerprint density at radius 3 is 2.53 bits per heavy atom. The molecule has 6 aromatic rings. The summed E-state index contributed by atoms with van der Waals surface area (Å²) in [6.07, 6.45) is 29.0. The average Bonchev–Trinajstić information content (AvgIpc) is 3.83. The number of aromatic nitrogens is 1. The van der Waals surface area contributed by atoms with E-state index in [0.717, 1.165) is 65.6 Å². The number of para-hydroxylation sites is 3. The van der Waals surface area contributed by atoms with Crippen molar-refractivity contribution in [3.8, 4) is 16.8 Å². The van der Waals surface area contributed by atoms with Gasteiger partial charge in [0, 0.05) is 39.8 Å². The Labute approximate surface area is 335 Å². The summed E-state index contributed by atoms with van der Waals surface area (Å²) < 4.78 is 9.12. The Morgan fingerprint density at radius 2 is 1.63 bits per heavy atom. The summed E-state index contributed by atoms with van der Waals surface area (Å²) in [7, 11) is 2.03. The van der Waals surface area contributed by atoms with Crippen LogP contribution in [0.1, 0.15) is 66.3 Å². The van der Waals surface area contributed by atoms with E-state index in [9.17, 15) is 0 Å². The van der Waals surface area contributed by atoms with Crippen LogP contribution in [-0.4, -0.2) is 24.0 Å². The van der Waals surface area contributed by atoms with Gasteiger partial charge in [-0.05, 0) is 116 Å². The highest BCUT2D eigenvalue weighted by atomic mass is 16.3. The molecule has 10 rings (SSSR count). The largest absolute Gasteiger partial charge is 0.455 e. The highest BCUT2D eigenvalue weighted by Gasteiger charge is 2.34. The monoisotopic (exact) mass is 746 g/mol. The first-order chi connectivity index (χ1) is 28.2. The quantitative estimate of drug-likeness (QED) is 0.0670. The molecule has 4 aliphatic carbocycles. The van der Waals surface area contributed by atoms with Gasteiger partial charge in [-0.2, -0.15) is 0 Å². The first-order valence-electron chi connectivity index (χ1n) is 20.9. The molecule has 5 nitrogen and oxygen atoms in total. The Kier molecular flexibility index (Phi) is 9.69. The molecule has 57 heavy (non-hydrogen) atoms. The van der Waals surface area contributed by atoms with Gasteiger partial charge >= 0.3 is 0 Å². The Balaban J connectivity index is 1.03. The number of nitrogens with zero attached hydrogens (tertiary/aromatic N) is 2. The molecule has 5 heteroatoms. The fourth-order valence-corrected chi connectivity index (χ4v) is 9.77. The molecule has 4 atom stereocenters. The van der Waals surface area contributed by atoms with Gasteiger partial charge in [0.2, 0.25) is 0 Å². The maximum atomic E-state index is 6.58. The van der Waals surface area contributed by atoms with Crippen LogP contribution in [0.5, 0.6) is 0 Å². The third kappa shape index (κ3) is 6.64. The van der Waals surface area contributed by atoms with Gasteiger partial charge in [-0.1, -0.05) is 127 Å². The molecule has 2 N–H and O–H groups in total. The minimum Gasteiger partial charge on any atom is -0.455 e. The lowest BCUT2D eigenvalue weighted by molar-refractivity contribution is 0.453. The highest BCUT2D eigenvalue weighted by Crippen LogP contribution is 2.44. The van der Waals surface area contributed by atoms with Crippen molar-refractivity contribution in [1.82, 2.24) is 15.2 Å². The van der Waals surface area contributed by atoms with Crippen molar-refractivity contribution in [3.63, 3.8) is 0 Å². The van der Waals surface area contributed by atoms with E-state index in [-0.39, 0.29) is 6.17 Å². The fraction of sp³-hybridized carbons (Fsp3) is 0.250. The van der Waals surface area contributed by atoms with Crippen molar-refractivity contribution in [2.75, 3.05) is 13.6 Å². The smallest absolute Gasteiger partial charge is 0.143 e. The Hall–Kier alpha value is -5.91. The zero-order valence-electron chi connectivity index (χ0n) is 32.7. The first kappa shape index (κ1) is 35.5. The average molecular weight is 747 g/mol. The minimum absolute atomic E-state index is 0.0499. The van der Waals surface area contributed by atoms with Crippen LogP contribution in [0.4, 0.5) is 0 Å². The predicted molar refractivity (Wildman–Crippen MR) is 238 cm³/mol. The van der Waals surface area contributed by atoms with E-state index in [1.165, 1.54) is 64.2 Å². The summed E-state index contributed by atoms with van der Waals surface area (Å²) in [4.78, 5) is 5.43. The van der Waals surface area contributed by atoms with Crippen LogP contribution in [-0.2, 0) is 12.8 Å². The van der Waals surface area contributed by atoms with Gasteiger partial charge in [0.15, 0.2) is 0 Å². The van der Waals surface area contributed by atoms with Crippen molar-refractivity contribution in [2.24, 2.45) is 22.7 Å². The van der Waals surface area contributed by atoms with Crippen LogP contribution in [0, 0.1) is 17.8 Å². The topological polar surface area (TPSA) is 54.5 Å². The molecule has 0 saturated carbocycles. The molecule has 0 amide bonds. The second kappa shape index (κ2) is 15.6. The molecule has 2 aromatic heterocycles. The highest BCUT2D eigenvalue weighted by molar-refractivity contribution is 6.10. The summed E-state index contributed by atoms with van der Waals surface area (Å²) in [5, 5.41) is 9.75. The number of furan rings is 1. The number of aliphatic imine (C=N–C) groups is 1. The molecule has 2 heterocycles. The molecule has 284 valence electrons. The number of benzene rings is 4. The predicted octanol–water partition coefficient (Wildman–Crippen LogP) is 12.0. The first-order valence-corrected chi connectivity index (χ1v) is 20.9. The van der Waals surface area contributed by atoms with E-state index in [0.29, 0.717) is 17.8 Å². The van der Waals surface area contributed by atoms with E-state index >= 15 is 0 Å². The summed E-state index contributed by atoms with van der Waals surface area (Å²) in [6, 6.07) is 34.5. The summed E-state index contributed by atoms with van der Waals surface area (Å²) in [5.74, 6) is 2.14. The summed E-state index contributed by atoms with van der Waals surface area (Å²) in [6.45, 7) is 0.798. The van der Waals surface area contributed by atoms with Gasteiger partial charge in [-0.3, -0.25) is 10.3 Å². The van der Waals surface area contributed by atoms with E-state index in [1.807, 2.05) is 13.1 Å². The molecule has 0 spiro atoms. The lowest BCUT2D eigenvalue weighted by atomic mass is 9.74. The summed E-state index contributed by atoms with van der Waals surface area (Å²) in [5.41, 5.74) is 13.5. The zero-order chi connectivity index (χ0) is 38.1. The fourth-order valence-electron chi connectivity index (χ4n) is 9.77. The van der Waals surface area contributed by atoms with Crippen molar-refractivity contribution in [3.05, 3.63) is 173 Å². The molecule has 0 radical (unpaired) electrons. The van der Waals surface area contributed by atoms with Crippen molar-refractivity contribution in [1.29, 1.82) is 0 Å². The van der Waals surface area contributed by atoms with E-state index < -0.39 is 0 Å². The normalized spacial score (nSPS) is 20.8. The molecule has 0 saturated heterocycles.